The number of rotatable bonds is 1. The van der Waals surface area contributed by atoms with E-state index < -0.39 is 0 Å². The molecule has 7 aromatic carbocycles. The van der Waals surface area contributed by atoms with E-state index in [1.807, 2.05) is 11.3 Å². The largest absolute Gasteiger partial charge is 0.456 e. The van der Waals surface area contributed by atoms with Gasteiger partial charge < -0.3 is 18.8 Å². The number of hydrogen-bond donors (Lipinski definition) is 0. The molecular formula is C61H58BN3OS. The van der Waals surface area contributed by atoms with Crippen molar-refractivity contribution in [1.82, 2.24) is 4.57 Å². The average molecular weight is 892 g/mol. The molecule has 6 heterocycles. The number of hydrogen-bond acceptors (Lipinski definition) is 4. The number of aryl methyl sites for hydroxylation is 1. The highest BCUT2D eigenvalue weighted by Gasteiger charge is 2.48. The highest BCUT2D eigenvalue weighted by molar-refractivity contribution is 7.33. The molecule has 13 rings (SSSR count). The fourth-order valence-corrected chi connectivity index (χ4v) is 12.9. The summed E-state index contributed by atoms with van der Waals surface area (Å²) in [6, 6.07) is 45.0. The predicted molar refractivity (Wildman–Crippen MR) is 291 cm³/mol. The van der Waals surface area contributed by atoms with Crippen LogP contribution < -0.4 is 25.5 Å². The van der Waals surface area contributed by atoms with Crippen LogP contribution in [-0.2, 0) is 21.7 Å². The quantitative estimate of drug-likeness (QED) is 0.154. The Kier molecular flexibility index (Phi) is 7.98. The van der Waals surface area contributed by atoms with Crippen LogP contribution in [0, 0.1) is 6.92 Å². The van der Waals surface area contributed by atoms with Crippen molar-refractivity contribution in [2.24, 2.45) is 0 Å². The third-order valence-corrected chi connectivity index (χ3v) is 16.5. The lowest BCUT2D eigenvalue weighted by Gasteiger charge is -2.46. The number of thiophene rings is 1. The third kappa shape index (κ3) is 5.66. The Hall–Kier alpha value is -6.24. The van der Waals surface area contributed by atoms with Crippen LogP contribution in [0.15, 0.2) is 120 Å². The van der Waals surface area contributed by atoms with Crippen molar-refractivity contribution >= 4 is 122 Å². The van der Waals surface area contributed by atoms with E-state index in [2.05, 4.69) is 220 Å². The number of anilines is 6. The van der Waals surface area contributed by atoms with Gasteiger partial charge in [-0.2, -0.15) is 0 Å². The van der Waals surface area contributed by atoms with Crippen LogP contribution in [0.3, 0.4) is 0 Å². The lowest BCUT2D eigenvalue weighted by molar-refractivity contribution is 0.590. The zero-order chi connectivity index (χ0) is 46.6. The first-order chi connectivity index (χ1) is 31.6. The van der Waals surface area contributed by atoms with Gasteiger partial charge in [0, 0.05) is 59.5 Å². The van der Waals surface area contributed by atoms with Crippen molar-refractivity contribution in [1.29, 1.82) is 0 Å². The molecule has 0 bridgehead atoms. The minimum atomic E-state index is -0.0993. The Balaban J connectivity index is 1.20. The van der Waals surface area contributed by atoms with E-state index in [9.17, 15) is 0 Å². The van der Waals surface area contributed by atoms with Crippen LogP contribution in [0.1, 0.15) is 111 Å². The van der Waals surface area contributed by atoms with E-state index in [4.69, 9.17) is 4.42 Å². The zero-order valence-electron chi connectivity index (χ0n) is 41.2. The molecule has 4 nitrogen and oxygen atoms in total. The van der Waals surface area contributed by atoms with Crippen LogP contribution in [0.2, 0.25) is 0 Å². The maximum absolute atomic E-state index is 6.66. The first-order valence-corrected chi connectivity index (χ1v) is 25.0. The summed E-state index contributed by atoms with van der Waals surface area (Å²) in [5, 5.41) is 6.24. The summed E-state index contributed by atoms with van der Waals surface area (Å²) in [5.74, 6) is 0. The smallest absolute Gasteiger partial charge is 0.264 e. The first kappa shape index (κ1) is 41.0. The van der Waals surface area contributed by atoms with Crippen molar-refractivity contribution in [3.63, 3.8) is 0 Å². The standard InChI is InChI=1S/C61H58BN3OS/c1-33-24-46-53-47(25-33)65-48-30-36(60(8,9)10)28-42-41-26-34(58(2,3)4)18-22-45(41)64(54(42)48)49-31-37(61(11,12)13)29-44(56(49)65)62(53)57-55(43-27-35(59(5,6)7)19-23-52(43)67-57)63(46)38-20-21-40-39-16-14-15-17-50(39)66-51(40)32-38/h14-32H,1-13H3. The summed E-state index contributed by atoms with van der Waals surface area (Å²) < 4.78 is 12.0. The van der Waals surface area contributed by atoms with Gasteiger partial charge in [-0.05, 0) is 140 Å². The van der Waals surface area contributed by atoms with Gasteiger partial charge in [-0.15, -0.1) is 11.3 Å². The van der Waals surface area contributed by atoms with Gasteiger partial charge in [0.2, 0.25) is 0 Å². The molecular weight excluding hydrogens is 834 g/mol. The highest BCUT2D eigenvalue weighted by atomic mass is 32.1. The third-order valence-electron chi connectivity index (χ3n) is 15.3. The van der Waals surface area contributed by atoms with Crippen LogP contribution in [0.4, 0.5) is 34.1 Å². The van der Waals surface area contributed by atoms with E-state index in [1.54, 1.807) is 0 Å². The molecule has 3 aromatic heterocycles. The second kappa shape index (κ2) is 13.0. The van der Waals surface area contributed by atoms with Crippen molar-refractivity contribution in [2.75, 3.05) is 9.80 Å². The number of furan rings is 1. The van der Waals surface area contributed by atoms with Crippen molar-refractivity contribution in [3.05, 3.63) is 143 Å². The number of benzene rings is 7. The molecule has 0 amide bonds. The summed E-state index contributed by atoms with van der Waals surface area (Å²) in [6.07, 6.45) is 0. The molecule has 0 spiro atoms. The molecule has 6 heteroatoms. The van der Waals surface area contributed by atoms with Crippen LogP contribution >= 0.6 is 11.3 Å². The molecule has 0 radical (unpaired) electrons. The topological polar surface area (TPSA) is 24.6 Å². The van der Waals surface area contributed by atoms with Gasteiger partial charge in [-0.3, -0.25) is 0 Å². The average Bonchev–Trinajstić information content (AvgIpc) is 3.93. The Bertz CT molecular complexity index is 3830. The van der Waals surface area contributed by atoms with Crippen LogP contribution in [0.25, 0.3) is 59.5 Å². The highest BCUT2D eigenvalue weighted by Crippen LogP contribution is 2.55. The number of fused-ring (bicyclic) bond motifs is 14. The Morgan fingerprint density at radius 1 is 0.478 bits per heavy atom. The second-order valence-electron chi connectivity index (χ2n) is 24.0. The van der Waals surface area contributed by atoms with Crippen molar-refractivity contribution in [3.8, 4) is 5.69 Å². The number of nitrogens with zero attached hydrogens (tertiary/aromatic N) is 3. The monoisotopic (exact) mass is 891 g/mol. The number of aromatic nitrogens is 1. The van der Waals surface area contributed by atoms with E-state index in [0.717, 1.165) is 27.6 Å². The molecule has 0 saturated carbocycles. The molecule has 0 aliphatic carbocycles. The lowest BCUT2D eigenvalue weighted by atomic mass is 9.35. The van der Waals surface area contributed by atoms with E-state index >= 15 is 0 Å². The molecule has 0 unspecified atom stereocenters. The van der Waals surface area contributed by atoms with Gasteiger partial charge in [-0.1, -0.05) is 119 Å². The Morgan fingerprint density at radius 3 is 1.81 bits per heavy atom. The summed E-state index contributed by atoms with van der Waals surface area (Å²) in [6.45, 7) is 30.5. The molecule has 332 valence electrons. The maximum Gasteiger partial charge on any atom is 0.264 e. The minimum Gasteiger partial charge on any atom is -0.456 e. The van der Waals surface area contributed by atoms with Crippen LogP contribution in [-0.4, -0.2) is 11.3 Å². The molecule has 3 aliphatic heterocycles. The van der Waals surface area contributed by atoms with Gasteiger partial charge in [0.15, 0.2) is 0 Å². The van der Waals surface area contributed by atoms with Crippen LogP contribution in [0.5, 0.6) is 0 Å². The van der Waals surface area contributed by atoms with E-state index in [1.165, 1.54) is 110 Å². The normalized spacial score (nSPS) is 14.6. The second-order valence-corrected chi connectivity index (χ2v) is 25.1. The fraction of sp³-hybridized carbons (Fsp3) is 0.279. The predicted octanol–water partition coefficient (Wildman–Crippen LogP) is 15.8. The summed E-state index contributed by atoms with van der Waals surface area (Å²) in [7, 11) is 0. The fourth-order valence-electron chi connectivity index (χ4n) is 11.6. The molecule has 0 atom stereocenters. The van der Waals surface area contributed by atoms with Gasteiger partial charge in [-0.25, -0.2) is 0 Å². The summed E-state index contributed by atoms with van der Waals surface area (Å²) in [5.41, 5.74) is 22.3. The molecule has 3 aliphatic rings. The number of para-hydroxylation sites is 1. The minimum absolute atomic E-state index is 0.00623. The van der Waals surface area contributed by atoms with E-state index in [0.29, 0.717) is 0 Å². The first-order valence-electron chi connectivity index (χ1n) is 24.2. The molecule has 0 fully saturated rings. The summed E-state index contributed by atoms with van der Waals surface area (Å²) >= 11 is 1.98. The van der Waals surface area contributed by atoms with Crippen molar-refractivity contribution in [2.45, 2.75) is 112 Å². The molecule has 10 aromatic rings. The molecule has 67 heavy (non-hydrogen) atoms. The Labute approximate surface area is 398 Å². The lowest BCUT2D eigenvalue weighted by Crippen LogP contribution is -2.61. The summed E-state index contributed by atoms with van der Waals surface area (Å²) in [4.78, 5) is 5.29. The SMILES string of the molecule is Cc1cc2c3c(c1)N1c4c(cc(C(C)(C)C)cc4-n4c5ccc(C(C)(C)C)cc5c5cc(C(C)(C)C)cc1c54)B3c1sc3ccc(C(C)(C)C)cc3c1N2c1ccc2c(c1)oc1ccccc12. The van der Waals surface area contributed by atoms with Gasteiger partial charge in [0.05, 0.1) is 33.8 Å². The van der Waals surface area contributed by atoms with Gasteiger partial charge in [0.1, 0.15) is 11.2 Å². The zero-order valence-corrected chi connectivity index (χ0v) is 42.0. The van der Waals surface area contributed by atoms with E-state index in [-0.39, 0.29) is 28.4 Å². The molecule has 0 saturated heterocycles. The van der Waals surface area contributed by atoms with Gasteiger partial charge >= 0.3 is 0 Å². The molecule has 0 N–H and O–H groups in total. The Morgan fingerprint density at radius 2 is 1.09 bits per heavy atom. The van der Waals surface area contributed by atoms with Crippen molar-refractivity contribution < 1.29 is 4.42 Å². The maximum atomic E-state index is 6.66. The van der Waals surface area contributed by atoms with Gasteiger partial charge in [0.25, 0.3) is 6.71 Å².